The van der Waals surface area contributed by atoms with Crippen molar-refractivity contribution >= 4 is 11.9 Å². The van der Waals surface area contributed by atoms with E-state index in [2.05, 4.69) is 17.2 Å². The molecule has 0 aromatic carbocycles. The normalized spacial score (nSPS) is 23.7. The van der Waals surface area contributed by atoms with Crippen LogP contribution >= 0.6 is 0 Å². The van der Waals surface area contributed by atoms with E-state index in [0.717, 1.165) is 0 Å². The molecule has 0 radical (unpaired) electrons. The van der Waals surface area contributed by atoms with Crippen LogP contribution in [0.5, 0.6) is 0 Å². The highest BCUT2D eigenvalue weighted by molar-refractivity contribution is 5.95. The van der Waals surface area contributed by atoms with Gasteiger partial charge in [-0.25, -0.2) is 4.79 Å². The number of nitrogens with one attached hydrogen (secondary N) is 2. The van der Waals surface area contributed by atoms with Gasteiger partial charge in [0, 0.05) is 19.6 Å². The van der Waals surface area contributed by atoms with Crippen LogP contribution < -0.4 is 10.6 Å². The molecule has 1 fully saturated rings. The van der Waals surface area contributed by atoms with Crippen molar-refractivity contribution in [2.45, 2.75) is 19.1 Å². The van der Waals surface area contributed by atoms with Gasteiger partial charge in [-0.1, -0.05) is 6.08 Å². The fraction of sp³-hybridized carbons (Fsp3) is 0.667. The summed E-state index contributed by atoms with van der Waals surface area (Å²) in [7, 11) is 0. The van der Waals surface area contributed by atoms with Crippen molar-refractivity contribution in [3.63, 3.8) is 0 Å². The molecule has 2 unspecified atom stereocenters. The van der Waals surface area contributed by atoms with Gasteiger partial charge in [-0.05, 0) is 6.92 Å². The van der Waals surface area contributed by atoms with Gasteiger partial charge < -0.3 is 15.2 Å². The molecular weight excluding hydrogens is 250 g/mol. The van der Waals surface area contributed by atoms with Crippen molar-refractivity contribution in [1.29, 1.82) is 0 Å². The maximum Gasteiger partial charge on any atom is 0.321 e. The van der Waals surface area contributed by atoms with Gasteiger partial charge in [0.1, 0.15) is 0 Å². The molecule has 1 heterocycles. The molecule has 3 amide bonds. The maximum atomic E-state index is 11.6. The lowest BCUT2D eigenvalue weighted by Crippen LogP contribution is -2.52. The molecule has 1 aliphatic heterocycles. The zero-order chi connectivity index (χ0) is 14.3. The van der Waals surface area contributed by atoms with Crippen LogP contribution in [0.1, 0.15) is 6.92 Å². The third kappa shape index (κ3) is 5.82. The van der Waals surface area contributed by atoms with E-state index in [1.807, 2.05) is 11.8 Å². The number of aliphatic hydroxyl groups is 1. The van der Waals surface area contributed by atoms with E-state index in [1.54, 1.807) is 0 Å². The molecule has 3 N–H and O–H groups in total. The molecular formula is C12H21N3O4. The Morgan fingerprint density at radius 2 is 2.26 bits per heavy atom. The minimum atomic E-state index is -0.537. The number of rotatable bonds is 5. The van der Waals surface area contributed by atoms with Crippen molar-refractivity contribution < 1.29 is 19.4 Å². The fourth-order valence-electron chi connectivity index (χ4n) is 1.95. The van der Waals surface area contributed by atoms with E-state index < -0.39 is 6.03 Å². The predicted molar refractivity (Wildman–Crippen MR) is 69.6 cm³/mol. The Kier molecular flexibility index (Phi) is 6.48. The lowest BCUT2D eigenvalue weighted by atomic mass is 10.2. The Balaban J connectivity index is 2.34. The predicted octanol–water partition coefficient (Wildman–Crippen LogP) is -0.920. The summed E-state index contributed by atoms with van der Waals surface area (Å²) in [4.78, 5) is 24.8. The third-order valence-corrected chi connectivity index (χ3v) is 2.63. The fourth-order valence-corrected chi connectivity index (χ4v) is 1.95. The summed E-state index contributed by atoms with van der Waals surface area (Å²) in [5.74, 6) is -0.382. The van der Waals surface area contributed by atoms with Crippen molar-refractivity contribution in [3.8, 4) is 0 Å². The first-order chi connectivity index (χ1) is 9.05. The monoisotopic (exact) mass is 271 g/mol. The average Bonchev–Trinajstić information content (AvgIpc) is 2.35. The van der Waals surface area contributed by atoms with Gasteiger partial charge in [0.25, 0.3) is 0 Å². The standard InChI is InChI=1S/C12H21N3O4/c1-3-4-13-12(18)14-11(17)7-15-5-9(2)19-10(6-15)8-16/h3,9-10,16H,1,4-8H2,2H3,(H2,13,14,17,18). The summed E-state index contributed by atoms with van der Waals surface area (Å²) in [6.07, 6.45) is 1.19. The summed E-state index contributed by atoms with van der Waals surface area (Å²) >= 11 is 0. The quantitative estimate of drug-likeness (QED) is 0.563. The van der Waals surface area contributed by atoms with E-state index in [1.165, 1.54) is 6.08 Å². The summed E-state index contributed by atoms with van der Waals surface area (Å²) in [5.41, 5.74) is 0. The van der Waals surface area contributed by atoms with Crippen molar-refractivity contribution in [2.24, 2.45) is 0 Å². The molecule has 0 aliphatic carbocycles. The van der Waals surface area contributed by atoms with E-state index in [0.29, 0.717) is 19.6 Å². The number of hydrogen-bond donors (Lipinski definition) is 3. The van der Waals surface area contributed by atoms with Gasteiger partial charge in [0.15, 0.2) is 0 Å². The first kappa shape index (κ1) is 15.6. The first-order valence-corrected chi connectivity index (χ1v) is 6.22. The Hall–Kier alpha value is -1.44. The van der Waals surface area contributed by atoms with E-state index in [-0.39, 0.29) is 31.3 Å². The molecule has 0 saturated carbocycles. The number of carbonyl (C=O) groups excluding carboxylic acids is 2. The van der Waals surface area contributed by atoms with Gasteiger partial charge in [0.05, 0.1) is 25.4 Å². The van der Waals surface area contributed by atoms with Gasteiger partial charge in [-0.15, -0.1) is 6.58 Å². The average molecular weight is 271 g/mol. The second-order valence-electron chi connectivity index (χ2n) is 4.49. The summed E-state index contributed by atoms with van der Waals surface area (Å²) in [6, 6.07) is -0.537. The minimum Gasteiger partial charge on any atom is -0.394 e. The summed E-state index contributed by atoms with van der Waals surface area (Å²) in [6.45, 7) is 6.73. The molecule has 0 bridgehead atoms. The number of ether oxygens (including phenoxy) is 1. The zero-order valence-electron chi connectivity index (χ0n) is 11.1. The number of nitrogens with zero attached hydrogens (tertiary/aromatic N) is 1. The van der Waals surface area contributed by atoms with Gasteiger partial charge in [-0.3, -0.25) is 15.0 Å². The molecule has 0 aromatic heterocycles. The van der Waals surface area contributed by atoms with E-state index >= 15 is 0 Å². The summed E-state index contributed by atoms with van der Waals surface area (Å²) < 4.78 is 5.47. The van der Waals surface area contributed by atoms with Gasteiger partial charge in [-0.2, -0.15) is 0 Å². The molecule has 19 heavy (non-hydrogen) atoms. The highest BCUT2D eigenvalue weighted by atomic mass is 16.5. The Labute approximate surface area is 112 Å². The molecule has 2 atom stereocenters. The van der Waals surface area contributed by atoms with Crippen LogP contribution in [0.2, 0.25) is 0 Å². The Morgan fingerprint density at radius 1 is 1.53 bits per heavy atom. The molecule has 7 nitrogen and oxygen atoms in total. The maximum absolute atomic E-state index is 11.6. The number of morpholine rings is 1. The smallest absolute Gasteiger partial charge is 0.321 e. The lowest BCUT2D eigenvalue weighted by molar-refractivity contribution is -0.127. The molecule has 108 valence electrons. The van der Waals surface area contributed by atoms with Gasteiger partial charge in [0.2, 0.25) is 5.91 Å². The lowest BCUT2D eigenvalue weighted by Gasteiger charge is -2.35. The third-order valence-electron chi connectivity index (χ3n) is 2.63. The molecule has 1 saturated heterocycles. The van der Waals surface area contributed by atoms with Crippen LogP contribution in [0.3, 0.4) is 0 Å². The van der Waals surface area contributed by atoms with Crippen LogP contribution in [0.4, 0.5) is 4.79 Å². The molecule has 7 heteroatoms. The van der Waals surface area contributed by atoms with Crippen LogP contribution in [-0.4, -0.2) is 66.9 Å². The SMILES string of the molecule is C=CCNC(=O)NC(=O)CN1CC(C)OC(CO)C1. The molecule has 0 spiro atoms. The van der Waals surface area contributed by atoms with Crippen LogP contribution in [0.15, 0.2) is 12.7 Å². The van der Waals surface area contributed by atoms with Gasteiger partial charge >= 0.3 is 6.03 Å². The van der Waals surface area contributed by atoms with Crippen LogP contribution in [0.25, 0.3) is 0 Å². The Bertz CT molecular complexity index is 335. The van der Waals surface area contributed by atoms with Crippen molar-refractivity contribution in [2.75, 3.05) is 32.8 Å². The Morgan fingerprint density at radius 3 is 2.89 bits per heavy atom. The van der Waals surface area contributed by atoms with E-state index in [9.17, 15) is 9.59 Å². The topological polar surface area (TPSA) is 90.9 Å². The number of aliphatic hydroxyl groups excluding tert-OH is 1. The number of imide groups is 1. The second-order valence-corrected chi connectivity index (χ2v) is 4.49. The highest BCUT2D eigenvalue weighted by Crippen LogP contribution is 2.10. The largest absolute Gasteiger partial charge is 0.394 e. The van der Waals surface area contributed by atoms with Crippen LogP contribution in [-0.2, 0) is 9.53 Å². The molecule has 0 aromatic rings. The van der Waals surface area contributed by atoms with E-state index in [4.69, 9.17) is 9.84 Å². The van der Waals surface area contributed by atoms with Crippen molar-refractivity contribution in [1.82, 2.24) is 15.5 Å². The van der Waals surface area contributed by atoms with Crippen molar-refractivity contribution in [3.05, 3.63) is 12.7 Å². The number of hydrogen-bond acceptors (Lipinski definition) is 5. The molecule has 1 rings (SSSR count). The molecule has 1 aliphatic rings. The first-order valence-electron chi connectivity index (χ1n) is 6.22. The van der Waals surface area contributed by atoms with Crippen LogP contribution in [0, 0.1) is 0 Å². The second kappa shape index (κ2) is 7.88. The zero-order valence-corrected chi connectivity index (χ0v) is 11.1. The number of carbonyl (C=O) groups is 2. The highest BCUT2D eigenvalue weighted by Gasteiger charge is 2.26. The number of amides is 3. The minimum absolute atomic E-state index is 0.0479. The number of urea groups is 1. The summed E-state index contributed by atoms with van der Waals surface area (Å²) in [5, 5.41) is 13.8.